The van der Waals surface area contributed by atoms with Crippen molar-refractivity contribution in [3.8, 4) is 11.5 Å². The smallest absolute Gasteiger partial charge is 0.342 e. The second-order valence-corrected chi connectivity index (χ2v) is 6.33. The van der Waals surface area contributed by atoms with Crippen molar-refractivity contribution in [2.24, 2.45) is 0 Å². The molecule has 5 heteroatoms. The average Bonchev–Trinajstić information content (AvgIpc) is 2.66. The van der Waals surface area contributed by atoms with E-state index >= 15 is 0 Å². The van der Waals surface area contributed by atoms with E-state index in [1.165, 1.54) is 7.11 Å². The fourth-order valence-electron chi connectivity index (χ4n) is 2.72. The zero-order valence-corrected chi connectivity index (χ0v) is 16.6. The van der Waals surface area contributed by atoms with E-state index in [0.29, 0.717) is 48.3 Å². The Balaban J connectivity index is 2.64. The fraction of sp³-hybridized carbons (Fsp3) is 0.455. The molecule has 0 saturated carbocycles. The molecule has 0 amide bonds. The third-order valence-corrected chi connectivity index (χ3v) is 4.22. The molecule has 0 aliphatic rings. The number of methoxy groups -OCH3 is 2. The highest BCUT2D eigenvalue weighted by molar-refractivity contribution is 5.97. The van der Waals surface area contributed by atoms with Crippen LogP contribution in [0.25, 0.3) is 6.08 Å². The van der Waals surface area contributed by atoms with Gasteiger partial charge in [-0.25, -0.2) is 4.79 Å². The molecule has 0 aromatic heterocycles. The highest BCUT2D eigenvalue weighted by Gasteiger charge is 2.21. The van der Waals surface area contributed by atoms with Crippen LogP contribution in [0.3, 0.4) is 0 Å². The number of carbonyl (C=O) groups is 2. The number of unbranched alkanes of at least 4 members (excludes halogenated alkanes) is 1. The van der Waals surface area contributed by atoms with Gasteiger partial charge in [0.1, 0.15) is 22.8 Å². The summed E-state index contributed by atoms with van der Waals surface area (Å²) in [6, 6.07) is 3.34. The highest BCUT2D eigenvalue weighted by Crippen LogP contribution is 2.30. The van der Waals surface area contributed by atoms with Crippen LogP contribution in [0.1, 0.15) is 61.4 Å². The van der Waals surface area contributed by atoms with Gasteiger partial charge in [-0.3, -0.25) is 4.79 Å². The first-order valence-electron chi connectivity index (χ1n) is 9.18. The van der Waals surface area contributed by atoms with E-state index in [2.05, 4.69) is 13.2 Å². The number of hydrogen-bond acceptors (Lipinski definition) is 5. The first-order valence-corrected chi connectivity index (χ1v) is 9.18. The van der Waals surface area contributed by atoms with Gasteiger partial charge in [-0.2, -0.15) is 0 Å². The third kappa shape index (κ3) is 7.29. The average molecular weight is 374 g/mol. The summed E-state index contributed by atoms with van der Waals surface area (Å²) in [7, 11) is 3.03. The number of benzene rings is 1. The molecule has 0 unspecified atom stereocenters. The van der Waals surface area contributed by atoms with Crippen molar-refractivity contribution < 1.29 is 23.8 Å². The molecule has 27 heavy (non-hydrogen) atoms. The molecule has 0 aliphatic heterocycles. The number of carbonyl (C=O) groups excluding carboxylic acids is 2. The molecule has 0 bridgehead atoms. The topological polar surface area (TPSA) is 61.8 Å². The molecule has 148 valence electrons. The maximum atomic E-state index is 12.6. The Morgan fingerprint density at radius 1 is 1.11 bits per heavy atom. The van der Waals surface area contributed by atoms with Gasteiger partial charge in [0.25, 0.3) is 0 Å². The van der Waals surface area contributed by atoms with Gasteiger partial charge in [-0.1, -0.05) is 18.7 Å². The van der Waals surface area contributed by atoms with Gasteiger partial charge >= 0.3 is 5.97 Å². The second kappa shape index (κ2) is 11.9. The Kier molecular flexibility index (Phi) is 9.94. The van der Waals surface area contributed by atoms with Crippen LogP contribution in [0.2, 0.25) is 0 Å². The molecule has 1 atom stereocenters. The standard InChI is InChI=1S/C22H30O5/c1-6-8-9-12-18(23)13-10-11-16(3)27-22(24)21-17(7-2)14-19(25-4)15-20(21)26-5/h6-7,14-16H,1-2,8-13H2,3-5H3/t16-/m1/s1. The second-order valence-electron chi connectivity index (χ2n) is 6.33. The largest absolute Gasteiger partial charge is 0.497 e. The summed E-state index contributed by atoms with van der Waals surface area (Å²) >= 11 is 0. The summed E-state index contributed by atoms with van der Waals surface area (Å²) in [6.07, 6.45) is 7.17. The lowest BCUT2D eigenvalue weighted by atomic mass is 10.0. The maximum absolute atomic E-state index is 12.6. The predicted molar refractivity (Wildman–Crippen MR) is 107 cm³/mol. The Hall–Kier alpha value is -2.56. The van der Waals surface area contributed by atoms with Crippen LogP contribution in [0.15, 0.2) is 31.4 Å². The van der Waals surface area contributed by atoms with Crippen LogP contribution in [-0.4, -0.2) is 32.1 Å². The van der Waals surface area contributed by atoms with E-state index < -0.39 is 5.97 Å². The van der Waals surface area contributed by atoms with E-state index in [-0.39, 0.29) is 11.9 Å². The van der Waals surface area contributed by atoms with Crippen molar-refractivity contribution in [2.45, 2.75) is 51.6 Å². The Morgan fingerprint density at radius 2 is 1.81 bits per heavy atom. The molecule has 0 radical (unpaired) electrons. The fourth-order valence-corrected chi connectivity index (χ4v) is 2.72. The minimum absolute atomic E-state index is 0.237. The third-order valence-electron chi connectivity index (χ3n) is 4.22. The van der Waals surface area contributed by atoms with E-state index in [9.17, 15) is 9.59 Å². The normalized spacial score (nSPS) is 11.4. The van der Waals surface area contributed by atoms with Gasteiger partial charge in [0, 0.05) is 18.9 Å². The lowest BCUT2D eigenvalue weighted by Crippen LogP contribution is -2.17. The minimum Gasteiger partial charge on any atom is -0.497 e. The number of rotatable bonds is 13. The lowest BCUT2D eigenvalue weighted by Gasteiger charge is -2.17. The van der Waals surface area contributed by atoms with Gasteiger partial charge in [-0.05, 0) is 44.2 Å². The number of ketones is 1. The summed E-state index contributed by atoms with van der Waals surface area (Å²) in [5, 5.41) is 0. The van der Waals surface area contributed by atoms with Crippen molar-refractivity contribution in [3.63, 3.8) is 0 Å². The molecular weight excluding hydrogens is 344 g/mol. The lowest BCUT2D eigenvalue weighted by molar-refractivity contribution is -0.119. The van der Waals surface area contributed by atoms with E-state index in [0.717, 1.165) is 12.8 Å². The molecule has 1 aromatic carbocycles. The molecule has 0 fully saturated rings. The predicted octanol–water partition coefficient (Wildman–Crippen LogP) is 4.99. The van der Waals surface area contributed by atoms with E-state index in [1.807, 2.05) is 13.0 Å². The van der Waals surface area contributed by atoms with Crippen molar-refractivity contribution >= 4 is 17.8 Å². The first kappa shape index (κ1) is 22.5. The molecule has 1 rings (SSSR count). The van der Waals surface area contributed by atoms with Crippen LogP contribution >= 0.6 is 0 Å². The molecule has 0 aliphatic carbocycles. The molecule has 0 N–H and O–H groups in total. The molecule has 5 nitrogen and oxygen atoms in total. The first-order chi connectivity index (χ1) is 13.0. The molecular formula is C22H30O5. The van der Waals surface area contributed by atoms with Gasteiger partial charge in [-0.15, -0.1) is 6.58 Å². The SMILES string of the molecule is C=CCCCC(=O)CCC[C@@H](C)OC(=O)c1c(C=C)cc(OC)cc1OC. The number of esters is 1. The van der Waals surface area contributed by atoms with Gasteiger partial charge in [0.15, 0.2) is 0 Å². The van der Waals surface area contributed by atoms with E-state index in [4.69, 9.17) is 14.2 Å². The summed E-state index contributed by atoms with van der Waals surface area (Å²) in [4.78, 5) is 24.4. The van der Waals surface area contributed by atoms with Crippen LogP contribution in [-0.2, 0) is 9.53 Å². The van der Waals surface area contributed by atoms with Crippen LogP contribution in [0, 0.1) is 0 Å². The van der Waals surface area contributed by atoms with E-state index in [1.54, 1.807) is 25.3 Å². The summed E-state index contributed by atoms with van der Waals surface area (Å²) in [6.45, 7) is 9.21. The number of Topliss-reactive ketones (excluding diaryl/α,β-unsaturated/α-hetero) is 1. The van der Waals surface area contributed by atoms with Crippen LogP contribution < -0.4 is 9.47 Å². The number of allylic oxidation sites excluding steroid dienone is 1. The summed E-state index contributed by atoms with van der Waals surface area (Å²) in [5.41, 5.74) is 0.904. The van der Waals surface area contributed by atoms with Crippen molar-refractivity contribution in [3.05, 3.63) is 42.5 Å². The van der Waals surface area contributed by atoms with Crippen LogP contribution in [0.5, 0.6) is 11.5 Å². The van der Waals surface area contributed by atoms with Crippen LogP contribution in [0.4, 0.5) is 0 Å². The van der Waals surface area contributed by atoms with Gasteiger partial charge in [0.05, 0.1) is 20.3 Å². The summed E-state index contributed by atoms with van der Waals surface area (Å²) in [5.74, 6) is 0.704. The Morgan fingerprint density at radius 3 is 2.41 bits per heavy atom. The van der Waals surface area contributed by atoms with Gasteiger partial charge < -0.3 is 14.2 Å². The minimum atomic E-state index is -0.478. The zero-order valence-electron chi connectivity index (χ0n) is 16.6. The molecule has 0 spiro atoms. The Bertz CT molecular complexity index is 663. The quantitative estimate of drug-likeness (QED) is 0.277. The van der Waals surface area contributed by atoms with Crippen molar-refractivity contribution in [2.75, 3.05) is 14.2 Å². The number of hydrogen-bond donors (Lipinski definition) is 0. The van der Waals surface area contributed by atoms with Gasteiger partial charge in [0.2, 0.25) is 0 Å². The molecule has 0 heterocycles. The van der Waals surface area contributed by atoms with Crippen molar-refractivity contribution in [1.82, 2.24) is 0 Å². The van der Waals surface area contributed by atoms with Crippen molar-refractivity contribution in [1.29, 1.82) is 0 Å². The highest BCUT2D eigenvalue weighted by atomic mass is 16.5. The maximum Gasteiger partial charge on any atom is 0.342 e. The summed E-state index contributed by atoms with van der Waals surface area (Å²) < 4.78 is 16.1. The molecule has 1 aromatic rings. The molecule has 0 saturated heterocycles. The zero-order chi connectivity index (χ0) is 20.2. The Labute approximate surface area is 162 Å². The number of ether oxygens (including phenoxy) is 3. The monoisotopic (exact) mass is 374 g/mol.